The SMILES string of the molecule is CC1(C)CC(N=C=O)CC(C)(CN=C=O)C1.O=C=Nc1ccccc1Cc1ccccc1N=C=O. The minimum absolute atomic E-state index is 0.00750. The largest absolute Gasteiger partial charge is 0.240 e. The summed E-state index contributed by atoms with van der Waals surface area (Å²) in [6.45, 7) is 6.86. The van der Waals surface area contributed by atoms with Gasteiger partial charge in [0.15, 0.2) is 0 Å². The smallest absolute Gasteiger partial charge is 0.211 e. The van der Waals surface area contributed by atoms with E-state index in [9.17, 15) is 19.2 Å². The summed E-state index contributed by atoms with van der Waals surface area (Å²) < 4.78 is 0. The molecule has 0 bridgehead atoms. The molecule has 0 heterocycles. The van der Waals surface area contributed by atoms with Gasteiger partial charge in [0, 0.05) is 6.42 Å². The number of benzene rings is 2. The third-order valence-corrected chi connectivity index (χ3v) is 5.88. The van der Waals surface area contributed by atoms with Gasteiger partial charge in [0.2, 0.25) is 24.3 Å². The van der Waals surface area contributed by atoms with Gasteiger partial charge in [0.1, 0.15) is 0 Å². The Labute approximate surface area is 204 Å². The van der Waals surface area contributed by atoms with Gasteiger partial charge in [-0.05, 0) is 53.4 Å². The van der Waals surface area contributed by atoms with E-state index in [1.807, 2.05) is 24.3 Å². The lowest BCUT2D eigenvalue weighted by atomic mass is 9.63. The van der Waals surface area contributed by atoms with Crippen LogP contribution in [0, 0.1) is 10.8 Å². The highest BCUT2D eigenvalue weighted by atomic mass is 16.1. The van der Waals surface area contributed by atoms with Crippen molar-refractivity contribution in [3.63, 3.8) is 0 Å². The molecule has 0 amide bonds. The van der Waals surface area contributed by atoms with E-state index in [1.54, 1.807) is 36.4 Å². The van der Waals surface area contributed by atoms with Crippen molar-refractivity contribution in [2.45, 2.75) is 52.5 Å². The molecule has 2 aromatic rings. The van der Waals surface area contributed by atoms with Gasteiger partial charge in [0.05, 0.1) is 24.0 Å². The van der Waals surface area contributed by atoms with Crippen LogP contribution in [0.1, 0.15) is 51.2 Å². The second-order valence-electron chi connectivity index (χ2n) is 9.68. The lowest BCUT2D eigenvalue weighted by Crippen LogP contribution is -2.39. The molecule has 1 fully saturated rings. The van der Waals surface area contributed by atoms with Gasteiger partial charge in [-0.2, -0.15) is 9.98 Å². The molecule has 2 aromatic carbocycles. The highest BCUT2D eigenvalue weighted by molar-refractivity contribution is 5.59. The number of hydrogen-bond acceptors (Lipinski definition) is 8. The first-order valence-electron chi connectivity index (χ1n) is 11.2. The number of hydrogen-bond donors (Lipinski definition) is 0. The number of aliphatic imine (C=N–C) groups is 4. The molecule has 0 radical (unpaired) electrons. The van der Waals surface area contributed by atoms with Crippen molar-refractivity contribution in [2.24, 2.45) is 30.8 Å². The van der Waals surface area contributed by atoms with E-state index in [2.05, 4.69) is 40.7 Å². The fourth-order valence-electron chi connectivity index (χ4n) is 4.93. The van der Waals surface area contributed by atoms with Crippen LogP contribution in [0.2, 0.25) is 0 Å². The van der Waals surface area contributed by atoms with Gasteiger partial charge < -0.3 is 0 Å². The van der Waals surface area contributed by atoms with Crippen molar-refractivity contribution in [2.75, 3.05) is 6.54 Å². The van der Waals surface area contributed by atoms with Gasteiger partial charge in [-0.15, -0.1) is 0 Å². The Morgan fingerprint density at radius 1 is 0.771 bits per heavy atom. The molecule has 0 aliphatic heterocycles. The van der Waals surface area contributed by atoms with E-state index in [1.165, 1.54) is 12.2 Å². The van der Waals surface area contributed by atoms with E-state index < -0.39 is 0 Å². The van der Waals surface area contributed by atoms with Gasteiger partial charge in [-0.3, -0.25) is 0 Å². The van der Waals surface area contributed by atoms with E-state index in [4.69, 9.17) is 0 Å². The molecule has 1 saturated carbocycles. The highest BCUT2D eigenvalue weighted by Gasteiger charge is 2.41. The molecule has 0 N–H and O–H groups in total. The van der Waals surface area contributed by atoms with Crippen LogP contribution in [0.15, 0.2) is 68.5 Å². The summed E-state index contributed by atoms with van der Waals surface area (Å²) in [5.41, 5.74) is 2.95. The second-order valence-corrected chi connectivity index (χ2v) is 9.68. The van der Waals surface area contributed by atoms with Crippen molar-refractivity contribution in [3.8, 4) is 0 Å². The first-order valence-corrected chi connectivity index (χ1v) is 11.2. The average molecular weight is 473 g/mol. The van der Waals surface area contributed by atoms with Crippen LogP contribution in [-0.2, 0) is 25.6 Å². The first-order chi connectivity index (χ1) is 16.8. The third-order valence-electron chi connectivity index (χ3n) is 5.88. The predicted octanol–water partition coefficient (Wildman–Crippen LogP) is 5.46. The van der Waals surface area contributed by atoms with E-state index >= 15 is 0 Å². The molecule has 1 aliphatic rings. The zero-order valence-corrected chi connectivity index (χ0v) is 20.2. The minimum Gasteiger partial charge on any atom is -0.211 e. The topological polar surface area (TPSA) is 118 Å². The summed E-state index contributed by atoms with van der Waals surface area (Å²) in [6, 6.07) is 14.6. The molecule has 3 rings (SSSR count). The van der Waals surface area contributed by atoms with Crippen LogP contribution >= 0.6 is 0 Å². The number of para-hydroxylation sites is 2. The maximum absolute atomic E-state index is 10.4. The number of carbonyl (C=O) groups excluding carboxylic acids is 4. The van der Waals surface area contributed by atoms with E-state index in [0.29, 0.717) is 24.3 Å². The lowest BCUT2D eigenvalue weighted by molar-refractivity contribution is 0.0915. The third kappa shape index (κ3) is 8.68. The maximum Gasteiger partial charge on any atom is 0.240 e. The van der Waals surface area contributed by atoms with Gasteiger partial charge in [-0.25, -0.2) is 29.2 Å². The average Bonchev–Trinajstić information content (AvgIpc) is 2.80. The van der Waals surface area contributed by atoms with Crippen molar-refractivity contribution >= 4 is 35.7 Å². The van der Waals surface area contributed by atoms with Gasteiger partial charge in [-0.1, -0.05) is 57.2 Å². The summed E-state index contributed by atoms with van der Waals surface area (Å²) in [5.74, 6) is 0. The zero-order valence-electron chi connectivity index (χ0n) is 20.2. The summed E-state index contributed by atoms with van der Waals surface area (Å²) in [7, 11) is 0. The van der Waals surface area contributed by atoms with Gasteiger partial charge >= 0.3 is 0 Å². The van der Waals surface area contributed by atoms with Crippen molar-refractivity contribution in [1.29, 1.82) is 0 Å². The molecular weight excluding hydrogens is 444 g/mol. The highest BCUT2D eigenvalue weighted by Crippen LogP contribution is 2.47. The van der Waals surface area contributed by atoms with Crippen molar-refractivity contribution in [1.82, 2.24) is 0 Å². The van der Waals surface area contributed by atoms with Crippen molar-refractivity contribution in [3.05, 3.63) is 59.7 Å². The van der Waals surface area contributed by atoms with Crippen LogP contribution in [0.25, 0.3) is 0 Å². The van der Waals surface area contributed by atoms with Crippen LogP contribution in [0.3, 0.4) is 0 Å². The van der Waals surface area contributed by atoms with E-state index in [-0.39, 0.29) is 16.9 Å². The first kappa shape index (κ1) is 27.2. The molecule has 2 atom stereocenters. The normalized spacial score (nSPS) is 19.8. The Morgan fingerprint density at radius 2 is 1.31 bits per heavy atom. The predicted molar refractivity (Wildman–Crippen MR) is 132 cm³/mol. The molecule has 180 valence electrons. The maximum atomic E-state index is 10.4. The summed E-state index contributed by atoms with van der Waals surface area (Å²) in [5, 5.41) is 0. The van der Waals surface area contributed by atoms with Crippen LogP contribution in [0.4, 0.5) is 11.4 Å². The Morgan fingerprint density at radius 3 is 1.80 bits per heavy atom. The number of rotatable bonds is 7. The molecule has 0 aromatic heterocycles. The van der Waals surface area contributed by atoms with Gasteiger partial charge in [0.25, 0.3) is 0 Å². The second kappa shape index (κ2) is 13.0. The minimum atomic E-state index is -0.0653. The fraction of sp³-hybridized carbons (Fsp3) is 0.407. The van der Waals surface area contributed by atoms with Crippen LogP contribution in [0.5, 0.6) is 0 Å². The molecule has 8 heteroatoms. The van der Waals surface area contributed by atoms with Crippen molar-refractivity contribution < 1.29 is 19.2 Å². The van der Waals surface area contributed by atoms with E-state index in [0.717, 1.165) is 30.4 Å². The molecular formula is C27H28N4O4. The summed E-state index contributed by atoms with van der Waals surface area (Å²) >= 11 is 0. The Kier molecular flexibility index (Phi) is 10.1. The Hall–Kier alpha value is -4.04. The number of isocyanates is 4. The Balaban J connectivity index is 0.000000251. The Bertz CT molecular complexity index is 1160. The molecule has 8 nitrogen and oxygen atoms in total. The molecule has 0 saturated heterocycles. The number of nitrogens with zero attached hydrogens (tertiary/aromatic N) is 4. The monoisotopic (exact) mass is 472 g/mol. The molecule has 2 unspecified atom stereocenters. The summed E-state index contributed by atoms with van der Waals surface area (Å²) in [4.78, 5) is 56.1. The summed E-state index contributed by atoms with van der Waals surface area (Å²) in [6.07, 6.45) is 9.49. The lowest BCUT2D eigenvalue weighted by Gasteiger charge is -2.44. The quantitative estimate of drug-likeness (QED) is 0.393. The zero-order chi connectivity index (χ0) is 25.7. The van der Waals surface area contributed by atoms with Crippen LogP contribution < -0.4 is 0 Å². The fourth-order valence-corrected chi connectivity index (χ4v) is 4.93. The molecule has 0 spiro atoms. The standard InChI is InChI=1S/C15H10N2O2.C12H18N2O2/c18-10-16-14-7-3-1-5-12(14)9-13-6-2-4-8-15(13)17-11-19;1-11(2)4-10(14-9-16)5-12(3,6-11)7-13-8-15/h1-8H,9H2;10H,4-7H2,1-3H3. The van der Waals surface area contributed by atoms with Crippen LogP contribution in [-0.4, -0.2) is 36.9 Å². The molecule has 1 aliphatic carbocycles. The molecule has 35 heavy (non-hydrogen) atoms.